The summed E-state index contributed by atoms with van der Waals surface area (Å²) in [5.41, 5.74) is 1.06. The van der Waals surface area contributed by atoms with E-state index >= 15 is 0 Å². The van der Waals surface area contributed by atoms with Gasteiger partial charge < -0.3 is 9.47 Å². The lowest BCUT2D eigenvalue weighted by Crippen LogP contribution is -2.07. The predicted octanol–water partition coefficient (Wildman–Crippen LogP) is 3.03. The van der Waals surface area contributed by atoms with Gasteiger partial charge in [-0.2, -0.15) is 0 Å². The molecule has 0 saturated carbocycles. The van der Waals surface area contributed by atoms with Crippen molar-refractivity contribution in [3.63, 3.8) is 0 Å². The van der Waals surface area contributed by atoms with Crippen molar-refractivity contribution in [2.45, 2.75) is 33.3 Å². The van der Waals surface area contributed by atoms with Gasteiger partial charge in [0.2, 0.25) is 0 Å². The largest absolute Gasteiger partial charge is 0.491 e. The van der Waals surface area contributed by atoms with Crippen molar-refractivity contribution in [2.75, 3.05) is 6.61 Å². The van der Waals surface area contributed by atoms with Gasteiger partial charge in [0.1, 0.15) is 5.75 Å². The van der Waals surface area contributed by atoms with E-state index in [9.17, 15) is 0 Å². The summed E-state index contributed by atoms with van der Waals surface area (Å²) in [4.78, 5) is 0. The summed E-state index contributed by atoms with van der Waals surface area (Å²) in [5.74, 6) is 1.17. The molecule has 0 aliphatic carbocycles. The van der Waals surface area contributed by atoms with Crippen LogP contribution in [0.2, 0.25) is 0 Å². The van der Waals surface area contributed by atoms with Crippen LogP contribution in [0.15, 0.2) is 24.3 Å². The van der Waals surface area contributed by atoms with E-state index in [1.165, 1.54) is 0 Å². The van der Waals surface area contributed by atoms with Gasteiger partial charge in [-0.1, -0.05) is 12.1 Å². The van der Waals surface area contributed by atoms with Gasteiger partial charge in [0.15, 0.2) is 5.90 Å². The fraction of sp³-hybridized carbons (Fsp3) is 0.462. The first-order valence-electron chi connectivity index (χ1n) is 5.57. The minimum Gasteiger partial charge on any atom is -0.491 e. The maximum absolute atomic E-state index is 7.54. The number of ether oxygens (including phenoxy) is 2. The number of hydrogen-bond donors (Lipinski definition) is 1. The highest BCUT2D eigenvalue weighted by molar-refractivity contribution is 5.75. The molecule has 0 heterocycles. The van der Waals surface area contributed by atoms with Gasteiger partial charge >= 0.3 is 0 Å². The number of nitrogens with one attached hydrogen (secondary N) is 1. The minimum absolute atomic E-state index is 0.188. The van der Waals surface area contributed by atoms with Gasteiger partial charge in [-0.15, -0.1) is 0 Å². The molecule has 1 N–H and O–H groups in total. The first-order chi connectivity index (χ1) is 7.61. The Kier molecular flexibility index (Phi) is 4.83. The van der Waals surface area contributed by atoms with Crippen LogP contribution in [0.3, 0.4) is 0 Å². The molecule has 0 amide bonds. The van der Waals surface area contributed by atoms with Crippen LogP contribution >= 0.6 is 0 Å². The second-order valence-corrected chi connectivity index (χ2v) is 3.84. The molecular formula is C13H19NO2. The fourth-order valence-electron chi connectivity index (χ4n) is 1.37. The van der Waals surface area contributed by atoms with Crippen LogP contribution in [0, 0.1) is 5.41 Å². The molecule has 0 bridgehead atoms. The standard InChI is InChI=1S/C13H19NO2/c1-4-15-13(14)9-11-5-7-12(8-6-11)16-10(2)3/h5-8,10,14H,4,9H2,1-3H3. The van der Waals surface area contributed by atoms with Crippen LogP contribution in [0.5, 0.6) is 5.75 Å². The van der Waals surface area contributed by atoms with Gasteiger partial charge in [-0.05, 0) is 38.5 Å². The molecule has 1 aromatic rings. The molecule has 0 atom stereocenters. The van der Waals surface area contributed by atoms with E-state index in [0.29, 0.717) is 18.9 Å². The van der Waals surface area contributed by atoms with E-state index in [0.717, 1.165) is 11.3 Å². The zero-order valence-electron chi connectivity index (χ0n) is 10.1. The lowest BCUT2D eigenvalue weighted by Gasteiger charge is -2.10. The third-order valence-electron chi connectivity index (χ3n) is 1.98. The normalized spacial score (nSPS) is 10.2. The van der Waals surface area contributed by atoms with Crippen molar-refractivity contribution in [1.29, 1.82) is 5.41 Å². The highest BCUT2D eigenvalue weighted by atomic mass is 16.5. The molecule has 1 aromatic carbocycles. The highest BCUT2D eigenvalue weighted by Gasteiger charge is 2.01. The summed E-state index contributed by atoms with van der Waals surface area (Å²) in [6, 6.07) is 7.78. The SMILES string of the molecule is CCOC(=N)Cc1ccc(OC(C)C)cc1. The smallest absolute Gasteiger partial charge is 0.184 e. The Bertz CT molecular complexity index is 330. The maximum atomic E-state index is 7.54. The average molecular weight is 221 g/mol. The summed E-state index contributed by atoms with van der Waals surface area (Å²) in [5, 5.41) is 7.54. The first-order valence-corrected chi connectivity index (χ1v) is 5.57. The topological polar surface area (TPSA) is 42.3 Å². The quantitative estimate of drug-likeness (QED) is 0.613. The Labute approximate surface area is 96.9 Å². The molecule has 16 heavy (non-hydrogen) atoms. The van der Waals surface area contributed by atoms with Gasteiger partial charge in [0.25, 0.3) is 0 Å². The van der Waals surface area contributed by atoms with Crippen molar-refractivity contribution in [3.8, 4) is 5.75 Å². The molecular weight excluding hydrogens is 202 g/mol. The summed E-state index contributed by atoms with van der Waals surface area (Å²) >= 11 is 0. The van der Waals surface area contributed by atoms with Gasteiger partial charge in [0.05, 0.1) is 12.7 Å². The van der Waals surface area contributed by atoms with Crippen molar-refractivity contribution in [2.24, 2.45) is 0 Å². The molecule has 0 fully saturated rings. The molecule has 0 unspecified atom stereocenters. The van der Waals surface area contributed by atoms with E-state index in [1.807, 2.05) is 45.0 Å². The van der Waals surface area contributed by atoms with Crippen molar-refractivity contribution in [1.82, 2.24) is 0 Å². The summed E-state index contributed by atoms with van der Waals surface area (Å²) in [7, 11) is 0. The van der Waals surface area contributed by atoms with Crippen LogP contribution in [0.25, 0.3) is 0 Å². The Morgan fingerprint density at radius 2 is 1.88 bits per heavy atom. The molecule has 1 rings (SSSR count). The molecule has 3 nitrogen and oxygen atoms in total. The molecule has 0 radical (unpaired) electrons. The molecule has 0 spiro atoms. The Balaban J connectivity index is 2.54. The lowest BCUT2D eigenvalue weighted by molar-refractivity contribution is 0.242. The zero-order valence-corrected chi connectivity index (χ0v) is 10.1. The summed E-state index contributed by atoms with van der Waals surface area (Å²) in [6.45, 7) is 6.43. The molecule has 88 valence electrons. The predicted molar refractivity (Wildman–Crippen MR) is 65.3 cm³/mol. The second-order valence-electron chi connectivity index (χ2n) is 3.84. The molecule has 0 aliphatic rings. The van der Waals surface area contributed by atoms with Gasteiger partial charge in [-0.25, -0.2) is 0 Å². The fourth-order valence-corrected chi connectivity index (χ4v) is 1.37. The van der Waals surface area contributed by atoms with Gasteiger partial charge in [0, 0.05) is 6.42 Å². The second kappa shape index (κ2) is 6.16. The van der Waals surface area contributed by atoms with E-state index in [2.05, 4.69) is 0 Å². The van der Waals surface area contributed by atoms with Crippen LogP contribution in [-0.2, 0) is 11.2 Å². The van der Waals surface area contributed by atoms with Crippen LogP contribution in [0.4, 0.5) is 0 Å². The number of benzene rings is 1. The van der Waals surface area contributed by atoms with Crippen molar-refractivity contribution < 1.29 is 9.47 Å². The van der Waals surface area contributed by atoms with E-state index < -0.39 is 0 Å². The van der Waals surface area contributed by atoms with Crippen molar-refractivity contribution >= 4 is 5.90 Å². The van der Waals surface area contributed by atoms with Crippen LogP contribution < -0.4 is 4.74 Å². The molecule has 0 aliphatic heterocycles. The Hall–Kier alpha value is -1.51. The lowest BCUT2D eigenvalue weighted by atomic mass is 10.1. The summed E-state index contributed by atoms with van der Waals surface area (Å²) in [6.07, 6.45) is 0.725. The molecule has 3 heteroatoms. The molecule has 0 saturated heterocycles. The minimum atomic E-state index is 0.188. The van der Waals surface area contributed by atoms with E-state index in [4.69, 9.17) is 14.9 Å². The number of hydrogen-bond acceptors (Lipinski definition) is 3. The van der Waals surface area contributed by atoms with Crippen LogP contribution in [0.1, 0.15) is 26.3 Å². The van der Waals surface area contributed by atoms with Gasteiger partial charge in [-0.3, -0.25) is 5.41 Å². The highest BCUT2D eigenvalue weighted by Crippen LogP contribution is 2.14. The monoisotopic (exact) mass is 221 g/mol. The van der Waals surface area contributed by atoms with E-state index in [1.54, 1.807) is 0 Å². The van der Waals surface area contributed by atoms with Crippen LogP contribution in [-0.4, -0.2) is 18.6 Å². The third-order valence-corrected chi connectivity index (χ3v) is 1.98. The Morgan fingerprint density at radius 1 is 1.25 bits per heavy atom. The van der Waals surface area contributed by atoms with E-state index in [-0.39, 0.29) is 6.10 Å². The maximum Gasteiger partial charge on any atom is 0.184 e. The summed E-state index contributed by atoms with van der Waals surface area (Å²) < 4.78 is 10.6. The average Bonchev–Trinajstić information content (AvgIpc) is 2.20. The molecule has 0 aromatic heterocycles. The first kappa shape index (κ1) is 12.6. The number of rotatable bonds is 5. The Morgan fingerprint density at radius 3 is 2.38 bits per heavy atom. The zero-order chi connectivity index (χ0) is 12.0. The van der Waals surface area contributed by atoms with Crippen molar-refractivity contribution in [3.05, 3.63) is 29.8 Å². The third kappa shape index (κ3) is 4.34.